The summed E-state index contributed by atoms with van der Waals surface area (Å²) >= 11 is 0. The molecule has 68 heavy (non-hydrogen) atoms. The molecule has 4 amide bonds. The number of amides is 4. The number of allylic oxidation sites excluding steroid dienone is 1. The van der Waals surface area contributed by atoms with Crippen LogP contribution in [0, 0.1) is 17.8 Å². The van der Waals surface area contributed by atoms with Crippen molar-refractivity contribution in [2.24, 2.45) is 17.8 Å². The molecule has 1 saturated heterocycles. The smallest absolute Gasteiger partial charge is 0.408 e. The third-order valence-corrected chi connectivity index (χ3v) is 16.5. The molecule has 370 valence electrons. The summed E-state index contributed by atoms with van der Waals surface area (Å²) in [5, 5.41) is 14.9. The third-order valence-electron chi connectivity index (χ3n) is 14.4. The van der Waals surface area contributed by atoms with Crippen LogP contribution in [-0.2, 0) is 24.4 Å². The zero-order chi connectivity index (χ0) is 49.7. The Hall–Kier alpha value is -5.59. The van der Waals surface area contributed by atoms with E-state index in [4.69, 9.17) is 19.2 Å². The minimum atomic E-state index is -4.13. The Morgan fingerprint density at radius 2 is 1.78 bits per heavy atom. The van der Waals surface area contributed by atoms with Gasteiger partial charge in [0.15, 0.2) is 0 Å². The van der Waals surface area contributed by atoms with Crippen molar-refractivity contribution in [3.8, 4) is 28.8 Å². The maximum atomic E-state index is 15.7. The number of fused-ring (bicyclic) bond motifs is 3. The first kappa shape index (κ1) is 50.3. The number of nitrogens with one attached hydrogen (secondary N) is 2. The van der Waals surface area contributed by atoms with Crippen molar-refractivity contribution >= 4 is 44.6 Å². The fraction of sp³-hybridized carbons (Fsp3) is 0.592. The number of nitrogens with zero attached hydrogens (tertiary/aromatic N) is 4. The van der Waals surface area contributed by atoms with E-state index in [0.717, 1.165) is 13.8 Å². The predicted molar refractivity (Wildman–Crippen MR) is 250 cm³/mol. The van der Waals surface area contributed by atoms with Crippen LogP contribution >= 0.6 is 0 Å². The minimum Gasteiger partial charge on any atom is -0.497 e. The van der Waals surface area contributed by atoms with E-state index in [1.165, 1.54) is 18.9 Å². The Balaban J connectivity index is 1.33. The Kier molecular flexibility index (Phi) is 13.8. The summed E-state index contributed by atoms with van der Waals surface area (Å²) in [6.07, 6.45) is 4.61. The van der Waals surface area contributed by atoms with E-state index in [1.807, 2.05) is 32.9 Å². The monoisotopic (exact) mass is 966 g/mol. The third kappa shape index (κ3) is 9.95. The van der Waals surface area contributed by atoms with Crippen molar-refractivity contribution in [3.05, 3.63) is 54.7 Å². The lowest BCUT2D eigenvalue weighted by molar-refractivity contribution is -0.157. The van der Waals surface area contributed by atoms with Gasteiger partial charge in [-0.05, 0) is 127 Å². The maximum Gasteiger partial charge on any atom is 0.408 e. The molecule has 3 fully saturated rings. The van der Waals surface area contributed by atoms with E-state index < -0.39 is 85.6 Å². The van der Waals surface area contributed by atoms with Gasteiger partial charge in [-0.2, -0.15) is 0 Å². The minimum absolute atomic E-state index is 0.0708. The second kappa shape index (κ2) is 18.7. The molecule has 2 aromatic heterocycles. The highest BCUT2D eigenvalue weighted by Gasteiger charge is 2.63. The van der Waals surface area contributed by atoms with Crippen LogP contribution in [-0.4, -0.2) is 117 Å². The van der Waals surface area contributed by atoms with E-state index in [1.54, 1.807) is 49.5 Å². The Morgan fingerprint density at radius 3 is 2.38 bits per heavy atom. The van der Waals surface area contributed by atoms with Gasteiger partial charge < -0.3 is 29.5 Å². The molecule has 7 rings (SSSR count). The van der Waals surface area contributed by atoms with Crippen molar-refractivity contribution in [1.82, 2.24) is 29.8 Å². The molecule has 0 radical (unpaired) electrons. The van der Waals surface area contributed by atoms with Gasteiger partial charge in [-0.3, -0.25) is 29.0 Å². The number of hydrogen-bond acceptors (Lipinski definition) is 11. The number of sulfonamides is 1. The van der Waals surface area contributed by atoms with Gasteiger partial charge in [0.2, 0.25) is 27.7 Å². The second-order valence-corrected chi connectivity index (χ2v) is 22.3. The number of methoxy groups -OCH3 is 1. The summed E-state index contributed by atoms with van der Waals surface area (Å²) < 4.78 is 77.2. The van der Waals surface area contributed by atoms with Gasteiger partial charge in [0, 0.05) is 24.6 Å². The van der Waals surface area contributed by atoms with E-state index in [0.29, 0.717) is 71.2 Å². The van der Waals surface area contributed by atoms with Crippen LogP contribution in [0.3, 0.4) is 0 Å². The number of ether oxygens (including phenoxy) is 3. The Labute approximate surface area is 396 Å². The highest BCUT2D eigenvalue weighted by Crippen LogP contribution is 2.48. The SMILES string of the molecule is CC[C@@H]1C[C@H](C)CCC=C[C@@H]2C[C@@]2(C(=O)NS(=O)(=O)C2(C)CC2)NC(=O)[C@@H]2C[C@@H](Oc3nc(-c4ccc(OC(C)C)cn4)cc4cc(OC)ccc34)CN2C(=O)[C@H]1N(C(=O)O)C(C)(C)C(C)(F)F. The highest BCUT2D eigenvalue weighted by atomic mass is 32.2. The van der Waals surface area contributed by atoms with Gasteiger partial charge in [-0.25, -0.2) is 27.0 Å². The van der Waals surface area contributed by atoms with Crippen LogP contribution in [0.5, 0.6) is 17.4 Å². The van der Waals surface area contributed by atoms with Crippen molar-refractivity contribution in [1.29, 1.82) is 0 Å². The lowest BCUT2D eigenvalue weighted by Crippen LogP contribution is -2.67. The Morgan fingerprint density at radius 1 is 1.07 bits per heavy atom. The first-order valence-electron chi connectivity index (χ1n) is 23.4. The van der Waals surface area contributed by atoms with Crippen molar-refractivity contribution in [3.63, 3.8) is 0 Å². The summed E-state index contributed by atoms with van der Waals surface area (Å²) in [6, 6.07) is 7.45. The number of pyridine rings is 2. The van der Waals surface area contributed by atoms with E-state index in [-0.39, 0.29) is 50.1 Å². The summed E-state index contributed by atoms with van der Waals surface area (Å²) in [7, 11) is -2.60. The maximum absolute atomic E-state index is 15.7. The molecule has 4 aliphatic rings. The average Bonchev–Trinajstić information content (AvgIpc) is 4.15. The summed E-state index contributed by atoms with van der Waals surface area (Å²) in [4.78, 5) is 69.3. The fourth-order valence-electron chi connectivity index (χ4n) is 9.43. The number of carboxylic acid groups (broad SMARTS) is 1. The molecule has 1 aromatic carbocycles. The number of hydrogen-bond donors (Lipinski definition) is 3. The number of carbonyl (C=O) groups is 4. The van der Waals surface area contributed by atoms with E-state index in [2.05, 4.69) is 15.0 Å². The summed E-state index contributed by atoms with van der Waals surface area (Å²) in [5.74, 6) is -6.52. The Bertz CT molecular complexity index is 2570. The molecule has 0 bridgehead atoms. The molecule has 4 heterocycles. The van der Waals surface area contributed by atoms with Gasteiger partial charge in [-0.1, -0.05) is 32.4 Å². The normalized spacial score (nSPS) is 26.4. The first-order valence-corrected chi connectivity index (χ1v) is 24.9. The predicted octanol–water partition coefficient (Wildman–Crippen LogP) is 7.50. The van der Waals surface area contributed by atoms with Crippen LogP contribution in [0.25, 0.3) is 22.2 Å². The fourth-order valence-corrected chi connectivity index (χ4v) is 10.7. The quantitative estimate of drug-likeness (QED) is 0.142. The molecule has 3 aromatic rings. The zero-order valence-corrected chi connectivity index (χ0v) is 41.0. The van der Waals surface area contributed by atoms with Crippen LogP contribution in [0.15, 0.2) is 54.7 Å². The van der Waals surface area contributed by atoms with Crippen molar-refractivity contribution in [2.75, 3.05) is 13.7 Å². The molecule has 0 unspecified atom stereocenters. The second-order valence-electron chi connectivity index (χ2n) is 20.1. The van der Waals surface area contributed by atoms with Crippen molar-refractivity contribution in [2.45, 2.75) is 153 Å². The standard InChI is InChI=1S/C49H64F2N6O10S/c1-10-30-21-29(4)13-11-12-14-32-25-49(32,44(60)55-68(63,64)47(7)19-20-47)54-41(58)39-24-35(27-56(39)43(59)40(30)57(45(61)62)46(5,6)48(8,50)51)67-42-36-17-15-33(65-9)22-31(36)23-38(53-42)37-18-16-34(26-52-37)66-28(2)3/h12,14-18,22-23,26,28-30,32,35,39-40H,10-11,13,19-21,24-25,27H2,1-9H3,(H,54,58)(H,55,60)(H,61,62)/t29-,30-,32-,35-,39+,40+,49-/m1/s1. The molecule has 3 N–H and O–H groups in total. The molecule has 2 saturated carbocycles. The van der Waals surface area contributed by atoms with Crippen LogP contribution in [0.4, 0.5) is 13.6 Å². The number of carbonyl (C=O) groups excluding carboxylic acids is 3. The lowest BCUT2D eigenvalue weighted by atomic mass is 9.81. The van der Waals surface area contributed by atoms with Gasteiger partial charge >= 0.3 is 6.09 Å². The van der Waals surface area contributed by atoms with Gasteiger partial charge in [0.05, 0.1) is 42.1 Å². The molecule has 19 heteroatoms. The lowest BCUT2D eigenvalue weighted by Gasteiger charge is -2.47. The van der Waals surface area contributed by atoms with Gasteiger partial charge in [0.1, 0.15) is 40.8 Å². The summed E-state index contributed by atoms with van der Waals surface area (Å²) in [6.45, 7) is 11.5. The summed E-state index contributed by atoms with van der Waals surface area (Å²) in [5.41, 5.74) is -3.22. The van der Waals surface area contributed by atoms with E-state index in [9.17, 15) is 27.9 Å². The van der Waals surface area contributed by atoms with Gasteiger partial charge in [-0.15, -0.1) is 0 Å². The zero-order valence-electron chi connectivity index (χ0n) is 40.2. The van der Waals surface area contributed by atoms with Crippen molar-refractivity contribution < 1.29 is 55.7 Å². The van der Waals surface area contributed by atoms with Crippen LogP contribution in [0.1, 0.15) is 107 Å². The molecule has 2 aliphatic carbocycles. The molecule has 2 aliphatic heterocycles. The first-order chi connectivity index (χ1) is 31.8. The number of aromatic nitrogens is 2. The topological polar surface area (TPSA) is 207 Å². The molecule has 16 nitrogen and oxygen atoms in total. The van der Waals surface area contributed by atoms with Gasteiger partial charge in [0.25, 0.3) is 11.8 Å². The average molecular weight is 967 g/mol. The number of alkyl halides is 2. The van der Waals surface area contributed by atoms with Crippen LogP contribution in [0.2, 0.25) is 0 Å². The number of benzene rings is 1. The molecule has 0 spiro atoms. The number of halogens is 2. The van der Waals surface area contributed by atoms with Crippen LogP contribution < -0.4 is 24.2 Å². The molecular weight excluding hydrogens is 903 g/mol. The highest BCUT2D eigenvalue weighted by molar-refractivity contribution is 7.91. The number of rotatable bonds is 13. The largest absolute Gasteiger partial charge is 0.497 e. The molecule has 7 atom stereocenters. The molecular formula is C49H64F2N6O10S. The van der Waals surface area contributed by atoms with E-state index >= 15 is 13.6 Å².